The predicted octanol–water partition coefficient (Wildman–Crippen LogP) is 2.78. The van der Waals surface area contributed by atoms with Gasteiger partial charge in [-0.25, -0.2) is 8.42 Å². The number of rotatable bonds is 8. The Hall–Kier alpha value is -0.960. The van der Waals surface area contributed by atoms with Gasteiger partial charge in [-0.1, -0.05) is 0 Å². The van der Waals surface area contributed by atoms with Crippen LogP contribution in [-0.2, 0) is 14.8 Å². The Kier molecular flexibility index (Phi) is 7.42. The van der Waals surface area contributed by atoms with E-state index in [1.807, 2.05) is 13.8 Å². The van der Waals surface area contributed by atoms with Crippen LogP contribution in [0.15, 0.2) is 27.6 Å². The first kappa shape index (κ1) is 20.4. The van der Waals surface area contributed by atoms with E-state index in [0.717, 1.165) is 12.8 Å². The minimum atomic E-state index is -3.54. The minimum absolute atomic E-state index is 0.158. The Bertz CT molecular complexity index is 701. The first-order chi connectivity index (χ1) is 11.8. The first-order valence-electron chi connectivity index (χ1n) is 8.52. The van der Waals surface area contributed by atoms with Gasteiger partial charge in [-0.15, -0.1) is 0 Å². The zero-order chi connectivity index (χ0) is 18.4. The number of carbonyl (C=O) groups excluding carboxylic acids is 1. The van der Waals surface area contributed by atoms with Gasteiger partial charge in [-0.05, 0) is 67.2 Å². The third-order valence-corrected chi connectivity index (χ3v) is 6.53. The fourth-order valence-electron chi connectivity index (χ4n) is 2.60. The van der Waals surface area contributed by atoms with E-state index in [4.69, 9.17) is 4.74 Å². The number of nitrogens with zero attached hydrogens (tertiary/aromatic N) is 1. The maximum atomic E-state index is 12.6. The highest BCUT2D eigenvalue weighted by molar-refractivity contribution is 9.10. The van der Waals surface area contributed by atoms with Gasteiger partial charge in [0, 0.05) is 30.7 Å². The number of nitrogens with one attached hydrogen (secondary N) is 1. The molecule has 0 aromatic heterocycles. The summed E-state index contributed by atoms with van der Waals surface area (Å²) in [5, 5.41) is 2.80. The van der Waals surface area contributed by atoms with Gasteiger partial charge in [0.05, 0.1) is 16.6 Å². The lowest BCUT2D eigenvalue weighted by atomic mass is 10.2. The number of carbonyl (C=O) groups is 1. The van der Waals surface area contributed by atoms with Crippen molar-refractivity contribution < 1.29 is 17.9 Å². The van der Waals surface area contributed by atoms with Crippen molar-refractivity contribution in [3.05, 3.63) is 28.2 Å². The van der Waals surface area contributed by atoms with Gasteiger partial charge < -0.3 is 10.1 Å². The first-order valence-corrected chi connectivity index (χ1v) is 10.7. The Morgan fingerprint density at radius 2 is 2.00 bits per heavy atom. The van der Waals surface area contributed by atoms with Crippen LogP contribution in [0, 0.1) is 0 Å². The Labute approximate surface area is 158 Å². The fraction of sp³-hybridized carbons (Fsp3) is 0.588. The van der Waals surface area contributed by atoms with Crippen LogP contribution in [-0.4, -0.2) is 51.0 Å². The van der Waals surface area contributed by atoms with Gasteiger partial charge in [0.1, 0.15) is 0 Å². The third kappa shape index (κ3) is 5.51. The van der Waals surface area contributed by atoms with E-state index in [1.54, 1.807) is 6.07 Å². The van der Waals surface area contributed by atoms with Crippen molar-refractivity contribution in [2.24, 2.45) is 0 Å². The summed E-state index contributed by atoms with van der Waals surface area (Å²) in [6.07, 6.45) is 2.62. The van der Waals surface area contributed by atoms with Crippen molar-refractivity contribution in [3.63, 3.8) is 0 Å². The molecular weight excluding hydrogens is 408 g/mol. The van der Waals surface area contributed by atoms with E-state index in [0.29, 0.717) is 42.7 Å². The van der Waals surface area contributed by atoms with Crippen LogP contribution in [0.4, 0.5) is 0 Å². The van der Waals surface area contributed by atoms with Gasteiger partial charge in [-0.3, -0.25) is 4.79 Å². The molecule has 1 amide bonds. The largest absolute Gasteiger partial charge is 0.379 e. The van der Waals surface area contributed by atoms with Gasteiger partial charge in [0.15, 0.2) is 0 Å². The molecule has 0 atom stereocenters. The van der Waals surface area contributed by atoms with E-state index < -0.39 is 10.0 Å². The van der Waals surface area contributed by atoms with Crippen LogP contribution in [0.1, 0.15) is 43.5 Å². The highest BCUT2D eigenvalue weighted by Gasteiger charge is 2.28. The molecule has 1 aliphatic rings. The lowest BCUT2D eigenvalue weighted by Crippen LogP contribution is -2.29. The maximum absolute atomic E-state index is 12.6. The summed E-state index contributed by atoms with van der Waals surface area (Å²) in [4.78, 5) is 12.5. The lowest BCUT2D eigenvalue weighted by Gasteiger charge is -2.16. The molecule has 6 nitrogen and oxygen atoms in total. The third-order valence-electron chi connectivity index (χ3n) is 3.94. The predicted molar refractivity (Wildman–Crippen MR) is 100 cm³/mol. The molecule has 1 aromatic rings. The molecule has 0 saturated carbocycles. The lowest BCUT2D eigenvalue weighted by molar-refractivity contribution is 0.0757. The van der Waals surface area contributed by atoms with Crippen molar-refractivity contribution in [1.29, 1.82) is 0 Å². The zero-order valence-corrected chi connectivity index (χ0v) is 17.0. The van der Waals surface area contributed by atoms with Crippen LogP contribution in [0.25, 0.3) is 0 Å². The number of ether oxygens (including phenoxy) is 1. The highest BCUT2D eigenvalue weighted by atomic mass is 79.9. The SMILES string of the molecule is CC(C)OCCCNC(=O)c1cc(S(=O)(=O)N2CCCC2)ccc1Br. The summed E-state index contributed by atoms with van der Waals surface area (Å²) in [5.74, 6) is -0.296. The normalized spacial score (nSPS) is 15.7. The maximum Gasteiger partial charge on any atom is 0.252 e. The molecule has 1 saturated heterocycles. The van der Waals surface area contributed by atoms with E-state index in [1.165, 1.54) is 16.4 Å². The summed E-state index contributed by atoms with van der Waals surface area (Å²) in [5.41, 5.74) is 0.324. The van der Waals surface area contributed by atoms with E-state index in [-0.39, 0.29) is 16.9 Å². The Morgan fingerprint density at radius 3 is 2.64 bits per heavy atom. The minimum Gasteiger partial charge on any atom is -0.379 e. The smallest absolute Gasteiger partial charge is 0.252 e. The van der Waals surface area contributed by atoms with Crippen LogP contribution in [0.5, 0.6) is 0 Å². The number of amides is 1. The van der Waals surface area contributed by atoms with Crippen LogP contribution in [0.3, 0.4) is 0 Å². The summed E-state index contributed by atoms with van der Waals surface area (Å²) in [6, 6.07) is 4.59. The molecule has 1 aromatic carbocycles. The molecule has 0 unspecified atom stereocenters. The van der Waals surface area contributed by atoms with Crippen molar-refractivity contribution in [2.45, 2.75) is 44.1 Å². The molecule has 8 heteroatoms. The van der Waals surface area contributed by atoms with Crippen LogP contribution in [0.2, 0.25) is 0 Å². The number of hydrogen-bond donors (Lipinski definition) is 1. The van der Waals surface area contributed by atoms with E-state index in [9.17, 15) is 13.2 Å². The summed E-state index contributed by atoms with van der Waals surface area (Å²) in [6.45, 7) is 6.04. The molecule has 0 bridgehead atoms. The summed E-state index contributed by atoms with van der Waals surface area (Å²) in [7, 11) is -3.54. The molecule has 1 N–H and O–H groups in total. The standard InChI is InChI=1S/C17H25BrN2O4S/c1-13(2)24-11-5-8-19-17(21)15-12-14(6-7-16(15)18)25(22,23)20-9-3-4-10-20/h6-7,12-13H,3-5,8-11H2,1-2H3,(H,19,21). The number of sulfonamides is 1. The number of benzene rings is 1. The van der Waals surface area contributed by atoms with E-state index in [2.05, 4.69) is 21.2 Å². The van der Waals surface area contributed by atoms with Crippen molar-refractivity contribution in [2.75, 3.05) is 26.2 Å². The molecular formula is C17H25BrN2O4S. The van der Waals surface area contributed by atoms with Gasteiger partial charge >= 0.3 is 0 Å². The summed E-state index contributed by atoms with van der Waals surface area (Å²) >= 11 is 3.33. The summed E-state index contributed by atoms with van der Waals surface area (Å²) < 4.78 is 32.8. The molecule has 140 valence electrons. The average molecular weight is 433 g/mol. The average Bonchev–Trinajstić information content (AvgIpc) is 3.09. The van der Waals surface area contributed by atoms with Gasteiger partial charge in [-0.2, -0.15) is 4.31 Å². The molecule has 1 aliphatic heterocycles. The Balaban J connectivity index is 2.04. The van der Waals surface area contributed by atoms with Crippen molar-refractivity contribution >= 4 is 31.9 Å². The van der Waals surface area contributed by atoms with Crippen LogP contribution < -0.4 is 5.32 Å². The molecule has 0 aliphatic carbocycles. The van der Waals surface area contributed by atoms with E-state index >= 15 is 0 Å². The Morgan fingerprint density at radius 1 is 1.32 bits per heavy atom. The topological polar surface area (TPSA) is 75.7 Å². The van der Waals surface area contributed by atoms with Crippen molar-refractivity contribution in [3.8, 4) is 0 Å². The second kappa shape index (κ2) is 9.12. The number of hydrogen-bond acceptors (Lipinski definition) is 4. The zero-order valence-electron chi connectivity index (χ0n) is 14.6. The fourth-order valence-corrected chi connectivity index (χ4v) is 4.58. The highest BCUT2D eigenvalue weighted by Crippen LogP contribution is 2.25. The molecule has 25 heavy (non-hydrogen) atoms. The molecule has 2 rings (SSSR count). The van der Waals surface area contributed by atoms with Gasteiger partial charge in [0.25, 0.3) is 5.91 Å². The second-order valence-corrected chi connectivity index (χ2v) is 9.07. The van der Waals surface area contributed by atoms with Crippen LogP contribution >= 0.6 is 15.9 Å². The molecule has 1 heterocycles. The second-order valence-electron chi connectivity index (χ2n) is 6.28. The molecule has 0 radical (unpaired) electrons. The van der Waals surface area contributed by atoms with Crippen molar-refractivity contribution in [1.82, 2.24) is 9.62 Å². The quantitative estimate of drug-likeness (QED) is 0.640. The molecule has 1 fully saturated rings. The monoisotopic (exact) mass is 432 g/mol. The van der Waals surface area contributed by atoms with Gasteiger partial charge in [0.2, 0.25) is 10.0 Å². The molecule has 0 spiro atoms. The number of halogens is 1.